The quantitative estimate of drug-likeness (QED) is 0.533. The SMILES string of the molecule is O=C(C1CC=C([N+](=O)[O-])O1)N1CC2CNCC2C1. The van der Waals surface area contributed by atoms with Gasteiger partial charge >= 0.3 is 5.88 Å². The number of hydrogen-bond donors (Lipinski definition) is 1. The molecular formula is C11H15N3O4. The van der Waals surface area contributed by atoms with Crippen molar-refractivity contribution in [2.24, 2.45) is 11.8 Å². The van der Waals surface area contributed by atoms with Gasteiger partial charge in [0.2, 0.25) is 0 Å². The molecule has 0 aliphatic carbocycles. The summed E-state index contributed by atoms with van der Waals surface area (Å²) in [6.07, 6.45) is 0.984. The van der Waals surface area contributed by atoms with Gasteiger partial charge in [-0.3, -0.25) is 14.9 Å². The van der Waals surface area contributed by atoms with Crippen molar-refractivity contribution in [2.45, 2.75) is 12.5 Å². The average Bonchev–Trinajstić information content (AvgIpc) is 3.02. The van der Waals surface area contributed by atoms with Gasteiger partial charge in [-0.1, -0.05) is 0 Å². The van der Waals surface area contributed by atoms with Crippen LogP contribution in [0.2, 0.25) is 0 Å². The Kier molecular flexibility index (Phi) is 2.70. The maximum atomic E-state index is 12.2. The molecule has 98 valence electrons. The number of amides is 1. The molecule has 2 saturated heterocycles. The molecule has 3 aliphatic rings. The summed E-state index contributed by atoms with van der Waals surface area (Å²) in [4.78, 5) is 23.9. The lowest BCUT2D eigenvalue weighted by atomic mass is 10.0. The first-order valence-corrected chi connectivity index (χ1v) is 6.16. The van der Waals surface area contributed by atoms with Crippen LogP contribution in [0.3, 0.4) is 0 Å². The fourth-order valence-electron chi connectivity index (χ4n) is 2.96. The van der Waals surface area contributed by atoms with Crippen LogP contribution in [-0.4, -0.2) is 48.0 Å². The predicted octanol–water partition coefficient (Wildman–Crippen LogP) is -0.429. The highest BCUT2D eigenvalue weighted by Crippen LogP contribution is 2.28. The summed E-state index contributed by atoms with van der Waals surface area (Å²) in [5, 5.41) is 13.8. The van der Waals surface area contributed by atoms with E-state index in [0.717, 1.165) is 26.2 Å². The number of fused-ring (bicyclic) bond motifs is 1. The van der Waals surface area contributed by atoms with E-state index in [9.17, 15) is 14.9 Å². The zero-order valence-corrected chi connectivity index (χ0v) is 9.87. The van der Waals surface area contributed by atoms with Crippen molar-refractivity contribution in [3.05, 3.63) is 22.1 Å². The average molecular weight is 253 g/mol. The van der Waals surface area contributed by atoms with Crippen molar-refractivity contribution in [1.29, 1.82) is 0 Å². The minimum atomic E-state index is -0.697. The molecule has 18 heavy (non-hydrogen) atoms. The monoisotopic (exact) mass is 253 g/mol. The first-order valence-electron chi connectivity index (χ1n) is 6.16. The van der Waals surface area contributed by atoms with Crippen molar-refractivity contribution >= 4 is 5.91 Å². The molecule has 1 amide bonds. The van der Waals surface area contributed by atoms with E-state index in [4.69, 9.17) is 4.74 Å². The van der Waals surface area contributed by atoms with Gasteiger partial charge in [0, 0.05) is 38.7 Å². The number of rotatable bonds is 2. The lowest BCUT2D eigenvalue weighted by molar-refractivity contribution is -0.462. The van der Waals surface area contributed by atoms with E-state index in [2.05, 4.69) is 5.32 Å². The van der Waals surface area contributed by atoms with Crippen LogP contribution in [0.1, 0.15) is 6.42 Å². The second-order valence-corrected chi connectivity index (χ2v) is 5.06. The van der Waals surface area contributed by atoms with Crippen molar-refractivity contribution in [2.75, 3.05) is 26.2 Å². The first-order chi connectivity index (χ1) is 8.65. The fourth-order valence-corrected chi connectivity index (χ4v) is 2.96. The topological polar surface area (TPSA) is 84.7 Å². The van der Waals surface area contributed by atoms with Crippen LogP contribution in [0.5, 0.6) is 0 Å². The smallest absolute Gasteiger partial charge is 0.424 e. The van der Waals surface area contributed by atoms with Gasteiger partial charge in [0.25, 0.3) is 5.91 Å². The number of ether oxygens (including phenoxy) is 1. The number of carbonyl (C=O) groups excluding carboxylic acids is 1. The minimum Gasteiger partial charge on any atom is -0.427 e. The Bertz CT molecular complexity index is 411. The molecular weight excluding hydrogens is 238 g/mol. The van der Waals surface area contributed by atoms with Crippen LogP contribution >= 0.6 is 0 Å². The molecule has 0 aromatic carbocycles. The summed E-state index contributed by atoms with van der Waals surface area (Å²) in [6.45, 7) is 3.39. The van der Waals surface area contributed by atoms with E-state index in [1.165, 1.54) is 6.08 Å². The molecule has 0 bridgehead atoms. The molecule has 0 radical (unpaired) electrons. The Hall–Kier alpha value is -1.63. The third-order valence-electron chi connectivity index (χ3n) is 3.93. The Morgan fingerprint density at radius 2 is 2.11 bits per heavy atom. The summed E-state index contributed by atoms with van der Waals surface area (Å²) in [5.74, 6) is 0.642. The minimum absolute atomic E-state index is 0.113. The molecule has 0 spiro atoms. The second-order valence-electron chi connectivity index (χ2n) is 5.06. The maximum absolute atomic E-state index is 12.2. The molecule has 1 N–H and O–H groups in total. The summed E-state index contributed by atoms with van der Waals surface area (Å²) < 4.78 is 5.07. The molecule has 7 heteroatoms. The van der Waals surface area contributed by atoms with Crippen molar-refractivity contribution < 1.29 is 14.5 Å². The molecule has 3 heterocycles. The van der Waals surface area contributed by atoms with Crippen LogP contribution < -0.4 is 5.32 Å². The summed E-state index contributed by atoms with van der Waals surface area (Å²) >= 11 is 0. The van der Waals surface area contributed by atoms with Crippen molar-refractivity contribution in [3.63, 3.8) is 0 Å². The largest absolute Gasteiger partial charge is 0.427 e. The van der Waals surface area contributed by atoms with E-state index in [1.54, 1.807) is 4.90 Å². The van der Waals surface area contributed by atoms with E-state index in [-0.39, 0.29) is 11.8 Å². The van der Waals surface area contributed by atoms with Gasteiger partial charge in [-0.2, -0.15) is 0 Å². The molecule has 7 nitrogen and oxygen atoms in total. The Morgan fingerprint density at radius 1 is 1.44 bits per heavy atom. The first kappa shape index (κ1) is 11.5. The molecule has 0 saturated carbocycles. The Labute approximate surface area is 104 Å². The second kappa shape index (κ2) is 4.24. The standard InChI is InChI=1S/C11H15N3O4/c15-11(9-1-2-10(18-9)14(16)17)13-5-7-3-12-4-8(7)6-13/h2,7-9,12H,1,3-6H2. The number of likely N-dealkylation sites (tertiary alicyclic amines) is 1. The van der Waals surface area contributed by atoms with Gasteiger partial charge in [0.1, 0.15) is 4.92 Å². The van der Waals surface area contributed by atoms with Gasteiger partial charge in [0.05, 0.1) is 0 Å². The summed E-state index contributed by atoms with van der Waals surface area (Å²) in [7, 11) is 0. The highest BCUT2D eigenvalue weighted by Gasteiger charge is 2.42. The zero-order valence-electron chi connectivity index (χ0n) is 9.87. The van der Waals surface area contributed by atoms with Crippen LogP contribution in [-0.2, 0) is 9.53 Å². The lowest BCUT2D eigenvalue weighted by Gasteiger charge is -2.20. The van der Waals surface area contributed by atoms with Crippen molar-refractivity contribution in [1.82, 2.24) is 10.2 Å². The summed E-state index contributed by atoms with van der Waals surface area (Å²) in [5.41, 5.74) is 0. The third kappa shape index (κ3) is 1.84. The Balaban J connectivity index is 1.59. The lowest BCUT2D eigenvalue weighted by Crippen LogP contribution is -2.39. The van der Waals surface area contributed by atoms with Gasteiger partial charge < -0.3 is 15.0 Å². The van der Waals surface area contributed by atoms with Gasteiger partial charge in [-0.05, 0) is 11.8 Å². The van der Waals surface area contributed by atoms with Gasteiger partial charge in [-0.15, -0.1) is 0 Å². The molecule has 3 atom stereocenters. The summed E-state index contributed by atoms with van der Waals surface area (Å²) in [6, 6.07) is 0. The number of nitrogens with zero attached hydrogens (tertiary/aromatic N) is 2. The van der Waals surface area contributed by atoms with Crippen LogP contribution in [0.25, 0.3) is 0 Å². The Morgan fingerprint density at radius 3 is 2.67 bits per heavy atom. The van der Waals surface area contributed by atoms with Gasteiger partial charge in [0.15, 0.2) is 6.10 Å². The normalized spacial score (nSPS) is 34.1. The highest BCUT2D eigenvalue weighted by molar-refractivity contribution is 5.82. The number of nitro groups is 1. The fraction of sp³-hybridized carbons (Fsp3) is 0.727. The van der Waals surface area contributed by atoms with E-state index in [1.807, 2.05) is 0 Å². The highest BCUT2D eigenvalue weighted by atomic mass is 16.7. The zero-order chi connectivity index (χ0) is 12.7. The van der Waals surface area contributed by atoms with Crippen LogP contribution in [0.15, 0.2) is 12.0 Å². The molecule has 2 fully saturated rings. The van der Waals surface area contributed by atoms with E-state index >= 15 is 0 Å². The number of hydrogen-bond acceptors (Lipinski definition) is 5. The molecule has 0 aromatic rings. The van der Waals surface area contributed by atoms with E-state index in [0.29, 0.717) is 18.3 Å². The van der Waals surface area contributed by atoms with Crippen LogP contribution in [0, 0.1) is 22.0 Å². The molecule has 3 aliphatic heterocycles. The molecule has 3 rings (SSSR count). The number of nitrogens with one attached hydrogen (secondary N) is 1. The van der Waals surface area contributed by atoms with Crippen molar-refractivity contribution in [3.8, 4) is 0 Å². The van der Waals surface area contributed by atoms with E-state index < -0.39 is 11.0 Å². The molecule has 0 aromatic heterocycles. The third-order valence-corrected chi connectivity index (χ3v) is 3.93. The van der Waals surface area contributed by atoms with Crippen LogP contribution in [0.4, 0.5) is 0 Å². The maximum Gasteiger partial charge on any atom is 0.424 e. The predicted molar refractivity (Wildman–Crippen MR) is 61.0 cm³/mol. The van der Waals surface area contributed by atoms with Gasteiger partial charge in [-0.25, -0.2) is 0 Å². The number of carbonyl (C=O) groups is 1. The molecule has 3 unspecified atom stereocenters.